The van der Waals surface area contributed by atoms with Crippen LogP contribution in [0.5, 0.6) is 0 Å². The fourth-order valence-electron chi connectivity index (χ4n) is 3.40. The molecule has 150 valence electrons. The molecule has 2 fully saturated rings. The molecular weight excluding hydrogens is 396 g/mol. The fraction of sp³-hybridized carbons (Fsp3) is 0.286. The summed E-state index contributed by atoms with van der Waals surface area (Å²) < 4.78 is 26.7. The maximum atomic E-state index is 13.3. The third-order valence-corrected chi connectivity index (χ3v) is 6.14. The Morgan fingerprint density at radius 3 is 2.52 bits per heavy atom. The van der Waals surface area contributed by atoms with Gasteiger partial charge in [0.05, 0.1) is 10.6 Å². The lowest BCUT2D eigenvalue weighted by atomic mass is 9.91. The molecule has 2 aliphatic rings. The third-order valence-electron chi connectivity index (χ3n) is 5.08. The van der Waals surface area contributed by atoms with Crippen molar-refractivity contribution in [2.24, 2.45) is 0 Å². The van der Waals surface area contributed by atoms with E-state index in [-0.39, 0.29) is 43.4 Å². The van der Waals surface area contributed by atoms with E-state index in [1.807, 2.05) is 36.4 Å². The number of nitrogens with zero attached hydrogens (tertiary/aromatic N) is 2. The molecule has 0 bridgehead atoms. The number of amides is 2. The number of hydrogen-bond donors (Lipinski definition) is 1. The lowest BCUT2D eigenvalue weighted by molar-refractivity contribution is -0.122. The van der Waals surface area contributed by atoms with Crippen LogP contribution in [0, 0.1) is 0 Å². The van der Waals surface area contributed by atoms with Crippen LogP contribution in [0.3, 0.4) is 0 Å². The minimum absolute atomic E-state index is 0.153. The van der Waals surface area contributed by atoms with Gasteiger partial charge < -0.3 is 0 Å². The van der Waals surface area contributed by atoms with Gasteiger partial charge in [-0.15, -0.1) is 0 Å². The number of aromatic amines is 1. The van der Waals surface area contributed by atoms with Crippen molar-refractivity contribution < 1.29 is 18.4 Å². The predicted molar refractivity (Wildman–Crippen MR) is 108 cm³/mol. The van der Waals surface area contributed by atoms with Gasteiger partial charge in [-0.2, -0.15) is 5.10 Å². The van der Waals surface area contributed by atoms with Gasteiger partial charge in [0.25, 0.3) is 11.1 Å². The lowest BCUT2D eigenvalue weighted by Crippen LogP contribution is -2.29. The Morgan fingerprint density at radius 1 is 1.14 bits per heavy atom. The number of imide groups is 1. The molecule has 1 aromatic carbocycles. The number of nitrogens with one attached hydrogen (secondary N) is 1. The maximum absolute atomic E-state index is 13.3. The summed E-state index contributed by atoms with van der Waals surface area (Å²) in [5, 5.41) is 6.47. The Balaban J connectivity index is 1.39. The molecule has 8 heteroatoms. The number of halogens is 2. The Labute approximate surface area is 170 Å². The van der Waals surface area contributed by atoms with Gasteiger partial charge in [0, 0.05) is 25.6 Å². The van der Waals surface area contributed by atoms with Crippen molar-refractivity contribution in [3.63, 3.8) is 0 Å². The molecule has 0 spiro atoms. The second-order valence-electron chi connectivity index (χ2n) is 7.07. The maximum Gasteiger partial charge on any atom is 0.293 e. The first-order valence-electron chi connectivity index (χ1n) is 9.33. The zero-order valence-corrected chi connectivity index (χ0v) is 16.3. The summed E-state index contributed by atoms with van der Waals surface area (Å²) in [5.74, 6) is -3.05. The first-order valence-corrected chi connectivity index (χ1v) is 10.1. The smallest absolute Gasteiger partial charge is 0.278 e. The van der Waals surface area contributed by atoms with Gasteiger partial charge in [0.1, 0.15) is 0 Å². The largest absolute Gasteiger partial charge is 0.293 e. The number of carbonyl (C=O) groups excluding carboxylic acids is 2. The summed E-state index contributed by atoms with van der Waals surface area (Å²) >= 11 is 0.864. The Hall–Kier alpha value is -2.74. The van der Waals surface area contributed by atoms with E-state index in [0.29, 0.717) is 10.5 Å². The number of rotatable bonds is 4. The van der Waals surface area contributed by atoms with Gasteiger partial charge in [-0.05, 0) is 41.8 Å². The highest BCUT2D eigenvalue weighted by atomic mass is 32.2. The van der Waals surface area contributed by atoms with Crippen LogP contribution in [0.4, 0.5) is 13.6 Å². The van der Waals surface area contributed by atoms with Crippen LogP contribution in [0.1, 0.15) is 31.2 Å². The number of H-pyrrole nitrogens is 1. The van der Waals surface area contributed by atoms with Gasteiger partial charge in [-0.25, -0.2) is 8.78 Å². The van der Waals surface area contributed by atoms with Gasteiger partial charge in [0.2, 0.25) is 5.92 Å². The van der Waals surface area contributed by atoms with E-state index < -0.39 is 5.92 Å². The first kappa shape index (κ1) is 19.6. The van der Waals surface area contributed by atoms with Gasteiger partial charge in [-0.3, -0.25) is 19.6 Å². The average Bonchev–Trinajstić information content (AvgIpc) is 3.33. The van der Waals surface area contributed by atoms with E-state index >= 15 is 0 Å². The second-order valence-corrected chi connectivity index (χ2v) is 8.03. The number of benzene rings is 1. The van der Waals surface area contributed by atoms with Crippen molar-refractivity contribution in [2.75, 3.05) is 6.54 Å². The zero-order valence-electron chi connectivity index (χ0n) is 15.5. The monoisotopic (exact) mass is 415 g/mol. The van der Waals surface area contributed by atoms with Gasteiger partial charge in [0.15, 0.2) is 0 Å². The highest BCUT2D eigenvalue weighted by Gasteiger charge is 2.40. The van der Waals surface area contributed by atoms with Crippen molar-refractivity contribution >= 4 is 29.0 Å². The Bertz CT molecular complexity index is 970. The SMILES string of the molecule is O=C1SC(=C2CCC(F)(F)CC2)C(=O)N1CC=Cc1ccc(-c2ccn[nH]2)cc1. The van der Waals surface area contributed by atoms with Crippen molar-refractivity contribution in [1.82, 2.24) is 15.1 Å². The molecule has 1 saturated heterocycles. The first-order chi connectivity index (χ1) is 13.9. The van der Waals surface area contributed by atoms with Crippen LogP contribution in [0.25, 0.3) is 17.3 Å². The minimum Gasteiger partial charge on any atom is -0.278 e. The number of carbonyl (C=O) groups is 2. The van der Waals surface area contributed by atoms with E-state index in [1.54, 1.807) is 12.3 Å². The van der Waals surface area contributed by atoms with Gasteiger partial charge >= 0.3 is 0 Å². The fourth-order valence-corrected chi connectivity index (χ4v) is 4.39. The van der Waals surface area contributed by atoms with E-state index in [0.717, 1.165) is 33.5 Å². The van der Waals surface area contributed by atoms with Crippen molar-refractivity contribution in [2.45, 2.75) is 31.6 Å². The molecule has 4 rings (SSSR count). The Kier molecular flexibility index (Phi) is 5.36. The molecule has 5 nitrogen and oxygen atoms in total. The molecular formula is C21H19F2N3O2S. The topological polar surface area (TPSA) is 66.1 Å². The minimum atomic E-state index is -2.67. The molecule has 1 aliphatic heterocycles. The molecule has 1 aromatic heterocycles. The molecule has 29 heavy (non-hydrogen) atoms. The average molecular weight is 415 g/mol. The number of allylic oxidation sites excluding steroid dienone is 1. The van der Waals surface area contributed by atoms with E-state index in [4.69, 9.17) is 0 Å². The summed E-state index contributed by atoms with van der Waals surface area (Å²) in [6.07, 6.45) is 5.10. The summed E-state index contributed by atoms with van der Waals surface area (Å²) in [6.45, 7) is 0.153. The van der Waals surface area contributed by atoms with Gasteiger partial charge in [-0.1, -0.05) is 42.0 Å². The van der Waals surface area contributed by atoms with Crippen LogP contribution >= 0.6 is 11.8 Å². The number of hydrogen-bond acceptors (Lipinski definition) is 4. The summed E-state index contributed by atoms with van der Waals surface area (Å²) in [5.41, 5.74) is 3.55. The zero-order chi connectivity index (χ0) is 20.4. The third kappa shape index (κ3) is 4.32. The van der Waals surface area contributed by atoms with E-state index in [9.17, 15) is 18.4 Å². The number of thioether (sulfide) groups is 1. The highest BCUT2D eigenvalue weighted by Crippen LogP contribution is 2.42. The molecule has 1 N–H and O–H groups in total. The van der Waals surface area contributed by atoms with E-state index in [2.05, 4.69) is 10.2 Å². The molecule has 0 unspecified atom stereocenters. The van der Waals surface area contributed by atoms with Crippen molar-refractivity contribution in [3.05, 3.63) is 58.6 Å². The number of alkyl halides is 2. The van der Waals surface area contributed by atoms with Crippen LogP contribution in [-0.4, -0.2) is 38.7 Å². The molecule has 0 atom stereocenters. The number of aromatic nitrogens is 2. The quantitative estimate of drug-likeness (QED) is 0.693. The van der Waals surface area contributed by atoms with Crippen LogP contribution in [0.15, 0.2) is 53.1 Å². The summed E-state index contributed by atoms with van der Waals surface area (Å²) in [4.78, 5) is 26.3. The molecule has 2 aromatic rings. The van der Waals surface area contributed by atoms with Crippen LogP contribution in [0.2, 0.25) is 0 Å². The Morgan fingerprint density at radius 2 is 1.86 bits per heavy atom. The second kappa shape index (κ2) is 7.94. The normalized spacial score (nSPS) is 19.6. The summed E-state index contributed by atoms with van der Waals surface area (Å²) in [7, 11) is 0. The van der Waals surface area contributed by atoms with Crippen molar-refractivity contribution in [1.29, 1.82) is 0 Å². The van der Waals surface area contributed by atoms with Crippen LogP contribution in [-0.2, 0) is 4.79 Å². The predicted octanol–water partition coefficient (Wildman–Crippen LogP) is 5.25. The molecule has 2 amide bonds. The highest BCUT2D eigenvalue weighted by molar-refractivity contribution is 8.18. The molecule has 0 radical (unpaired) electrons. The molecule has 1 aliphatic carbocycles. The van der Waals surface area contributed by atoms with Crippen molar-refractivity contribution in [3.8, 4) is 11.3 Å². The summed E-state index contributed by atoms with van der Waals surface area (Å²) in [6, 6.07) is 9.66. The standard InChI is InChI=1S/C21H19F2N3O2S/c22-21(23)10-7-16(8-11-21)18-19(27)26(20(28)29-18)13-1-2-14-3-5-15(6-4-14)17-9-12-24-25-17/h1-6,9,12H,7-8,10-11,13H2,(H,24,25). The van der Waals surface area contributed by atoms with Crippen LogP contribution < -0.4 is 0 Å². The molecule has 2 heterocycles. The van der Waals surface area contributed by atoms with E-state index in [1.165, 1.54) is 0 Å². The molecule has 1 saturated carbocycles. The lowest BCUT2D eigenvalue weighted by Gasteiger charge is -2.24.